The zero-order valence-corrected chi connectivity index (χ0v) is 16.6. The van der Waals surface area contributed by atoms with E-state index in [1.807, 2.05) is 27.0 Å². The first-order valence-electron chi connectivity index (χ1n) is 8.26. The van der Waals surface area contributed by atoms with Gasteiger partial charge in [-0.05, 0) is 25.3 Å². The van der Waals surface area contributed by atoms with Crippen LogP contribution in [0.15, 0.2) is 32.4 Å². The van der Waals surface area contributed by atoms with E-state index >= 15 is 0 Å². The van der Waals surface area contributed by atoms with Crippen LogP contribution in [0, 0.1) is 6.92 Å². The fraction of sp³-hybridized carbons (Fsp3) is 0.389. The summed E-state index contributed by atoms with van der Waals surface area (Å²) in [6.45, 7) is 7.53. The van der Waals surface area contributed by atoms with E-state index in [0.29, 0.717) is 33.7 Å². The Labute approximate surface area is 160 Å². The first-order chi connectivity index (χ1) is 12.8. The number of aryl methyl sites for hydroxylation is 1. The second kappa shape index (κ2) is 7.51. The standard InChI is InChI=1S/C18H20N4O4S/c1-10-13(15(27-5)21-14(19-10)11-7-6-8-24-11)16(23)25-9-12-20-17(22-26-12)18(2,3)4/h6-8H,9H2,1-5H3. The Morgan fingerprint density at radius 1 is 1.26 bits per heavy atom. The zero-order chi connectivity index (χ0) is 19.6. The molecule has 3 aromatic heterocycles. The van der Waals surface area contributed by atoms with Gasteiger partial charge in [0.25, 0.3) is 5.89 Å². The minimum absolute atomic E-state index is 0.116. The van der Waals surface area contributed by atoms with Crippen molar-refractivity contribution in [2.75, 3.05) is 6.26 Å². The maximum atomic E-state index is 12.6. The maximum Gasteiger partial charge on any atom is 0.343 e. The summed E-state index contributed by atoms with van der Waals surface area (Å²) in [5.74, 6) is 1.21. The van der Waals surface area contributed by atoms with Crippen LogP contribution in [0.5, 0.6) is 0 Å². The van der Waals surface area contributed by atoms with Crippen LogP contribution >= 0.6 is 11.8 Å². The van der Waals surface area contributed by atoms with Crippen molar-refractivity contribution in [3.05, 3.63) is 41.4 Å². The second-order valence-electron chi connectivity index (χ2n) is 6.83. The SMILES string of the molecule is CSc1nc(-c2ccco2)nc(C)c1C(=O)OCc1nc(C(C)(C)C)no1. The average molecular weight is 388 g/mol. The number of thioether (sulfide) groups is 1. The van der Waals surface area contributed by atoms with E-state index in [4.69, 9.17) is 13.7 Å². The summed E-state index contributed by atoms with van der Waals surface area (Å²) < 4.78 is 15.8. The van der Waals surface area contributed by atoms with Gasteiger partial charge in [0, 0.05) is 5.41 Å². The average Bonchev–Trinajstić information content (AvgIpc) is 3.30. The molecular formula is C18H20N4O4S. The molecule has 27 heavy (non-hydrogen) atoms. The molecule has 3 rings (SSSR count). The Kier molecular flexibility index (Phi) is 5.31. The van der Waals surface area contributed by atoms with Gasteiger partial charge in [-0.2, -0.15) is 4.98 Å². The Morgan fingerprint density at radius 2 is 2.04 bits per heavy atom. The molecule has 0 saturated heterocycles. The fourth-order valence-electron chi connectivity index (χ4n) is 2.26. The molecule has 0 spiro atoms. The molecule has 8 nitrogen and oxygen atoms in total. The molecule has 0 aliphatic carbocycles. The van der Waals surface area contributed by atoms with Crippen molar-refractivity contribution in [2.45, 2.75) is 44.7 Å². The number of carbonyl (C=O) groups excluding carboxylic acids is 1. The third-order valence-corrected chi connectivity index (χ3v) is 4.34. The van der Waals surface area contributed by atoms with Gasteiger partial charge in [-0.25, -0.2) is 14.8 Å². The molecule has 0 N–H and O–H groups in total. The number of esters is 1. The highest BCUT2D eigenvalue weighted by Crippen LogP contribution is 2.26. The van der Waals surface area contributed by atoms with Crippen LogP contribution < -0.4 is 0 Å². The van der Waals surface area contributed by atoms with Crippen molar-refractivity contribution in [3.63, 3.8) is 0 Å². The number of hydrogen-bond donors (Lipinski definition) is 0. The fourth-order valence-corrected chi connectivity index (χ4v) is 2.88. The highest BCUT2D eigenvalue weighted by molar-refractivity contribution is 7.98. The highest BCUT2D eigenvalue weighted by Gasteiger charge is 2.24. The van der Waals surface area contributed by atoms with Gasteiger partial charge in [-0.1, -0.05) is 25.9 Å². The molecule has 0 unspecified atom stereocenters. The molecule has 0 radical (unpaired) electrons. The third-order valence-electron chi connectivity index (χ3n) is 3.66. The predicted molar refractivity (Wildman–Crippen MR) is 98.4 cm³/mol. The van der Waals surface area contributed by atoms with Crippen LogP contribution in [0.3, 0.4) is 0 Å². The van der Waals surface area contributed by atoms with Gasteiger partial charge < -0.3 is 13.7 Å². The van der Waals surface area contributed by atoms with Crippen molar-refractivity contribution in [1.29, 1.82) is 0 Å². The monoisotopic (exact) mass is 388 g/mol. The Hall–Kier alpha value is -2.68. The lowest BCUT2D eigenvalue weighted by Gasteiger charge is -2.11. The van der Waals surface area contributed by atoms with E-state index in [1.165, 1.54) is 11.8 Å². The van der Waals surface area contributed by atoms with E-state index in [9.17, 15) is 4.79 Å². The van der Waals surface area contributed by atoms with Crippen LogP contribution in [0.25, 0.3) is 11.6 Å². The molecule has 0 aliphatic heterocycles. The number of rotatable bonds is 5. The van der Waals surface area contributed by atoms with E-state index in [0.717, 1.165) is 0 Å². The minimum atomic E-state index is -0.543. The maximum absolute atomic E-state index is 12.6. The molecule has 9 heteroatoms. The smallest absolute Gasteiger partial charge is 0.343 e. The van der Waals surface area contributed by atoms with Crippen LogP contribution in [-0.4, -0.2) is 32.3 Å². The van der Waals surface area contributed by atoms with Crippen molar-refractivity contribution in [3.8, 4) is 11.6 Å². The molecule has 0 aromatic carbocycles. The van der Waals surface area contributed by atoms with Crippen LogP contribution in [0.1, 0.15) is 48.5 Å². The van der Waals surface area contributed by atoms with Crippen LogP contribution in [-0.2, 0) is 16.8 Å². The number of hydrogen-bond acceptors (Lipinski definition) is 9. The molecular weight excluding hydrogens is 368 g/mol. The number of ether oxygens (including phenoxy) is 1. The van der Waals surface area contributed by atoms with Gasteiger partial charge in [0.15, 0.2) is 24.0 Å². The quantitative estimate of drug-likeness (QED) is 0.366. The lowest BCUT2D eigenvalue weighted by molar-refractivity contribution is 0.0423. The molecule has 3 heterocycles. The largest absolute Gasteiger partial charge is 0.461 e. The molecule has 0 fully saturated rings. The summed E-state index contributed by atoms with van der Waals surface area (Å²) in [6, 6.07) is 3.52. The van der Waals surface area contributed by atoms with Crippen molar-refractivity contribution < 1.29 is 18.5 Å². The second-order valence-corrected chi connectivity index (χ2v) is 7.63. The molecule has 3 aromatic rings. The van der Waals surface area contributed by atoms with Crippen molar-refractivity contribution in [1.82, 2.24) is 20.1 Å². The molecule has 0 atom stereocenters. The summed E-state index contributed by atoms with van der Waals surface area (Å²) in [4.78, 5) is 25.6. The van der Waals surface area contributed by atoms with Gasteiger partial charge >= 0.3 is 5.97 Å². The topological polar surface area (TPSA) is 104 Å². The highest BCUT2D eigenvalue weighted by atomic mass is 32.2. The Balaban J connectivity index is 1.79. The lowest BCUT2D eigenvalue weighted by Crippen LogP contribution is -2.14. The molecule has 0 aliphatic rings. The molecule has 0 saturated carbocycles. The Morgan fingerprint density at radius 3 is 2.63 bits per heavy atom. The van der Waals surface area contributed by atoms with Gasteiger partial charge in [0.05, 0.1) is 12.0 Å². The molecule has 0 bridgehead atoms. The summed E-state index contributed by atoms with van der Waals surface area (Å²) in [6.07, 6.45) is 3.38. The Bertz CT molecular complexity index is 945. The van der Waals surface area contributed by atoms with E-state index in [2.05, 4.69) is 20.1 Å². The molecule has 142 valence electrons. The minimum Gasteiger partial charge on any atom is -0.461 e. The summed E-state index contributed by atoms with van der Waals surface area (Å²) in [5, 5.41) is 4.43. The predicted octanol–water partition coefficient (Wildman–Crippen LogP) is 3.80. The van der Waals surface area contributed by atoms with Crippen LogP contribution in [0.2, 0.25) is 0 Å². The van der Waals surface area contributed by atoms with E-state index in [1.54, 1.807) is 25.3 Å². The van der Waals surface area contributed by atoms with Gasteiger partial charge in [0.2, 0.25) is 0 Å². The van der Waals surface area contributed by atoms with Crippen molar-refractivity contribution in [2.24, 2.45) is 0 Å². The van der Waals surface area contributed by atoms with Gasteiger partial charge in [0.1, 0.15) is 10.6 Å². The number of carbonyl (C=O) groups is 1. The van der Waals surface area contributed by atoms with Crippen LogP contribution in [0.4, 0.5) is 0 Å². The van der Waals surface area contributed by atoms with E-state index in [-0.39, 0.29) is 17.9 Å². The summed E-state index contributed by atoms with van der Waals surface area (Å²) >= 11 is 1.33. The third kappa shape index (κ3) is 4.19. The number of nitrogens with zero attached hydrogens (tertiary/aromatic N) is 4. The lowest BCUT2D eigenvalue weighted by atomic mass is 9.96. The molecule has 0 amide bonds. The van der Waals surface area contributed by atoms with Gasteiger partial charge in [-0.3, -0.25) is 0 Å². The van der Waals surface area contributed by atoms with E-state index < -0.39 is 5.97 Å². The summed E-state index contributed by atoms with van der Waals surface area (Å²) in [5.41, 5.74) is 0.573. The first-order valence-corrected chi connectivity index (χ1v) is 9.48. The number of aromatic nitrogens is 4. The number of furan rings is 1. The normalized spacial score (nSPS) is 11.6. The van der Waals surface area contributed by atoms with Gasteiger partial charge in [-0.15, -0.1) is 11.8 Å². The zero-order valence-electron chi connectivity index (χ0n) is 15.8. The summed E-state index contributed by atoms with van der Waals surface area (Å²) in [7, 11) is 0. The first kappa shape index (κ1) is 19.1. The van der Waals surface area contributed by atoms with Crippen molar-refractivity contribution >= 4 is 17.7 Å².